The average molecular weight is 472 g/mol. The zero-order valence-corrected chi connectivity index (χ0v) is 20.8. The molecule has 2 aliphatic heterocycles. The van der Waals surface area contributed by atoms with Crippen LogP contribution in [0.2, 0.25) is 0 Å². The van der Waals surface area contributed by atoms with E-state index < -0.39 is 0 Å². The summed E-state index contributed by atoms with van der Waals surface area (Å²) in [6, 6.07) is 23.2. The molecule has 0 radical (unpaired) electrons. The van der Waals surface area contributed by atoms with E-state index in [1.807, 2.05) is 24.3 Å². The number of carbonyl (C=O) groups excluding carboxylic acids is 1. The van der Waals surface area contributed by atoms with Crippen molar-refractivity contribution >= 4 is 16.7 Å². The van der Waals surface area contributed by atoms with E-state index in [-0.39, 0.29) is 11.8 Å². The number of piperidine rings is 1. The first kappa shape index (κ1) is 23.8. The normalized spacial score (nSPS) is 21.3. The van der Waals surface area contributed by atoms with Gasteiger partial charge in [-0.3, -0.25) is 9.69 Å². The van der Waals surface area contributed by atoms with Gasteiger partial charge in [0.2, 0.25) is 5.91 Å². The molecule has 0 bridgehead atoms. The van der Waals surface area contributed by atoms with Gasteiger partial charge in [-0.15, -0.1) is 0 Å². The molecule has 5 rings (SSSR count). The molecule has 0 unspecified atom stereocenters. The molecular formula is C30H37N3O2. The summed E-state index contributed by atoms with van der Waals surface area (Å²) >= 11 is 0. The van der Waals surface area contributed by atoms with Gasteiger partial charge in [-0.05, 0) is 78.4 Å². The molecule has 0 aliphatic carbocycles. The van der Waals surface area contributed by atoms with Crippen molar-refractivity contribution in [2.75, 3.05) is 39.8 Å². The molecule has 0 saturated carbocycles. The van der Waals surface area contributed by atoms with Gasteiger partial charge in [0.15, 0.2) is 0 Å². The van der Waals surface area contributed by atoms with Gasteiger partial charge in [-0.2, -0.15) is 0 Å². The van der Waals surface area contributed by atoms with Crippen molar-refractivity contribution in [3.8, 4) is 5.75 Å². The number of amides is 1. The lowest BCUT2D eigenvalue weighted by Crippen LogP contribution is -2.48. The Labute approximate surface area is 209 Å². The van der Waals surface area contributed by atoms with Crippen LogP contribution in [0, 0.1) is 11.8 Å². The fourth-order valence-corrected chi connectivity index (χ4v) is 5.76. The summed E-state index contributed by atoms with van der Waals surface area (Å²) in [5.41, 5.74) is 2.42. The highest BCUT2D eigenvalue weighted by Crippen LogP contribution is 2.27. The van der Waals surface area contributed by atoms with Crippen LogP contribution in [0.15, 0.2) is 66.7 Å². The minimum atomic E-state index is 0.0232. The van der Waals surface area contributed by atoms with E-state index in [2.05, 4.69) is 57.6 Å². The topological polar surface area (TPSA) is 44.8 Å². The van der Waals surface area contributed by atoms with Gasteiger partial charge in [0.25, 0.3) is 0 Å². The molecule has 1 amide bonds. The first-order valence-electron chi connectivity index (χ1n) is 13.0. The second-order valence-electron chi connectivity index (χ2n) is 10.2. The molecule has 2 atom stereocenters. The van der Waals surface area contributed by atoms with Gasteiger partial charge in [-0.25, -0.2) is 0 Å². The van der Waals surface area contributed by atoms with Crippen molar-refractivity contribution in [3.63, 3.8) is 0 Å². The maximum Gasteiger partial charge on any atom is 0.224 e. The Morgan fingerprint density at radius 2 is 1.66 bits per heavy atom. The Bertz CT molecular complexity index is 1120. The van der Waals surface area contributed by atoms with E-state index in [4.69, 9.17) is 4.74 Å². The van der Waals surface area contributed by atoms with Gasteiger partial charge >= 0.3 is 0 Å². The third-order valence-electron chi connectivity index (χ3n) is 7.54. The number of hydrogen-bond donors (Lipinski definition) is 1. The standard InChI is InChI=1S/C30H37N3O2/c1-35-29-12-9-23(10-13-29)18-31-30(34)28-17-25(20-32-14-4-5-15-32)21-33(22-28)19-24-8-11-26-6-2-3-7-27(26)16-24/h2-3,6-13,16,25,28H,4-5,14-15,17-22H2,1H3,(H,31,34)/t25-,28-/m1/s1. The molecule has 2 fully saturated rings. The van der Waals surface area contributed by atoms with Crippen LogP contribution in [0.4, 0.5) is 0 Å². The number of benzene rings is 3. The Hall–Kier alpha value is -2.89. The van der Waals surface area contributed by atoms with Crippen molar-refractivity contribution in [1.29, 1.82) is 0 Å². The Balaban J connectivity index is 1.25. The summed E-state index contributed by atoms with van der Waals surface area (Å²) in [6.07, 6.45) is 3.58. The second-order valence-corrected chi connectivity index (χ2v) is 10.2. The van der Waals surface area contributed by atoms with Crippen molar-refractivity contribution in [2.45, 2.75) is 32.4 Å². The van der Waals surface area contributed by atoms with Crippen LogP contribution < -0.4 is 10.1 Å². The quantitative estimate of drug-likeness (QED) is 0.517. The van der Waals surface area contributed by atoms with Crippen LogP contribution in [0.25, 0.3) is 10.8 Å². The van der Waals surface area contributed by atoms with Crippen LogP contribution in [0.5, 0.6) is 5.75 Å². The molecule has 0 aromatic heterocycles. The molecule has 5 heteroatoms. The van der Waals surface area contributed by atoms with E-state index in [1.165, 1.54) is 42.3 Å². The number of nitrogens with one attached hydrogen (secondary N) is 1. The van der Waals surface area contributed by atoms with Gasteiger partial charge in [-0.1, -0.05) is 48.5 Å². The van der Waals surface area contributed by atoms with Crippen LogP contribution in [0.3, 0.4) is 0 Å². The molecule has 3 aromatic rings. The van der Waals surface area contributed by atoms with E-state index in [1.54, 1.807) is 7.11 Å². The van der Waals surface area contributed by atoms with Crippen molar-refractivity contribution in [2.24, 2.45) is 11.8 Å². The maximum absolute atomic E-state index is 13.3. The molecule has 2 aliphatic rings. The molecule has 1 N–H and O–H groups in total. The Kier molecular flexibility index (Phi) is 7.65. The highest BCUT2D eigenvalue weighted by atomic mass is 16.5. The van der Waals surface area contributed by atoms with Crippen LogP contribution in [-0.4, -0.2) is 55.5 Å². The number of fused-ring (bicyclic) bond motifs is 1. The third kappa shape index (κ3) is 6.22. The molecule has 5 nitrogen and oxygen atoms in total. The maximum atomic E-state index is 13.3. The fourth-order valence-electron chi connectivity index (χ4n) is 5.76. The zero-order valence-electron chi connectivity index (χ0n) is 20.8. The summed E-state index contributed by atoms with van der Waals surface area (Å²) in [4.78, 5) is 18.4. The summed E-state index contributed by atoms with van der Waals surface area (Å²) in [5, 5.41) is 5.77. The highest BCUT2D eigenvalue weighted by Gasteiger charge is 2.33. The van der Waals surface area contributed by atoms with E-state index >= 15 is 0 Å². The van der Waals surface area contributed by atoms with Gasteiger partial charge in [0.05, 0.1) is 13.0 Å². The minimum Gasteiger partial charge on any atom is -0.497 e. The summed E-state index contributed by atoms with van der Waals surface area (Å²) in [5.74, 6) is 1.56. The van der Waals surface area contributed by atoms with Crippen molar-refractivity contribution in [1.82, 2.24) is 15.1 Å². The van der Waals surface area contributed by atoms with Gasteiger partial charge in [0.1, 0.15) is 5.75 Å². The molecule has 184 valence electrons. The second kappa shape index (κ2) is 11.2. The van der Waals surface area contributed by atoms with Crippen LogP contribution in [0.1, 0.15) is 30.4 Å². The molecule has 0 spiro atoms. The van der Waals surface area contributed by atoms with E-state index in [0.717, 1.165) is 43.9 Å². The Morgan fingerprint density at radius 1 is 0.914 bits per heavy atom. The number of carbonyl (C=O) groups is 1. The van der Waals surface area contributed by atoms with Crippen molar-refractivity contribution < 1.29 is 9.53 Å². The first-order valence-corrected chi connectivity index (χ1v) is 13.0. The molecule has 35 heavy (non-hydrogen) atoms. The third-order valence-corrected chi connectivity index (χ3v) is 7.54. The van der Waals surface area contributed by atoms with Crippen LogP contribution >= 0.6 is 0 Å². The number of hydrogen-bond acceptors (Lipinski definition) is 4. The zero-order chi connectivity index (χ0) is 24.0. The number of methoxy groups -OCH3 is 1. The summed E-state index contributed by atoms with van der Waals surface area (Å²) in [6.45, 7) is 6.84. The lowest BCUT2D eigenvalue weighted by molar-refractivity contribution is -0.127. The first-order chi connectivity index (χ1) is 17.2. The summed E-state index contributed by atoms with van der Waals surface area (Å²) in [7, 11) is 1.67. The van der Waals surface area contributed by atoms with Crippen molar-refractivity contribution in [3.05, 3.63) is 77.9 Å². The van der Waals surface area contributed by atoms with E-state index in [9.17, 15) is 4.79 Å². The lowest BCUT2D eigenvalue weighted by atomic mass is 9.87. The summed E-state index contributed by atoms with van der Waals surface area (Å²) < 4.78 is 5.24. The smallest absolute Gasteiger partial charge is 0.224 e. The van der Waals surface area contributed by atoms with E-state index in [0.29, 0.717) is 12.5 Å². The molecule has 2 saturated heterocycles. The monoisotopic (exact) mass is 471 g/mol. The number of nitrogens with zero attached hydrogens (tertiary/aromatic N) is 2. The highest BCUT2D eigenvalue weighted by molar-refractivity contribution is 5.83. The Morgan fingerprint density at radius 3 is 2.43 bits per heavy atom. The molecule has 3 aromatic carbocycles. The number of likely N-dealkylation sites (tertiary alicyclic amines) is 2. The lowest BCUT2D eigenvalue weighted by Gasteiger charge is -2.38. The number of rotatable bonds is 8. The molecule has 2 heterocycles. The van der Waals surface area contributed by atoms with Gasteiger partial charge < -0.3 is 15.0 Å². The predicted molar refractivity (Wildman–Crippen MR) is 141 cm³/mol. The van der Waals surface area contributed by atoms with Gasteiger partial charge in [0, 0.05) is 32.7 Å². The fraction of sp³-hybridized carbons (Fsp3) is 0.433. The number of ether oxygens (including phenoxy) is 1. The predicted octanol–water partition coefficient (Wildman–Crippen LogP) is 4.70. The minimum absolute atomic E-state index is 0.0232. The average Bonchev–Trinajstić information content (AvgIpc) is 3.40. The largest absolute Gasteiger partial charge is 0.497 e. The van der Waals surface area contributed by atoms with Crippen LogP contribution in [-0.2, 0) is 17.9 Å². The SMILES string of the molecule is COc1ccc(CNC(=O)[C@@H]2C[C@H](CN3CCCC3)CN(Cc3ccc4ccccc4c3)C2)cc1. The molecular weight excluding hydrogens is 434 g/mol.